The molecule has 4 rings (SSSR count). The largest absolute Gasteiger partial charge is 0.374 e. The van der Waals surface area contributed by atoms with Gasteiger partial charge in [-0.25, -0.2) is 0 Å². The van der Waals surface area contributed by atoms with Gasteiger partial charge in [-0.3, -0.25) is 4.79 Å². The summed E-state index contributed by atoms with van der Waals surface area (Å²) in [6.45, 7) is 0. The lowest BCUT2D eigenvalue weighted by atomic mass is 9.96. The first kappa shape index (κ1) is 10.9. The summed E-state index contributed by atoms with van der Waals surface area (Å²) in [6, 6.07) is 0.355. The predicted molar refractivity (Wildman–Crippen MR) is 66.6 cm³/mol. The SMILES string of the molecule is C#C[C@H]1[C@H]2C[C@H](C[C@@H]2OC2CC2)N1C(=O)C1CC1. The summed E-state index contributed by atoms with van der Waals surface area (Å²) < 4.78 is 6.06. The highest BCUT2D eigenvalue weighted by Crippen LogP contribution is 2.47. The van der Waals surface area contributed by atoms with Crippen LogP contribution in [0.25, 0.3) is 0 Å². The summed E-state index contributed by atoms with van der Waals surface area (Å²) in [7, 11) is 0. The van der Waals surface area contributed by atoms with Gasteiger partial charge >= 0.3 is 0 Å². The van der Waals surface area contributed by atoms with Crippen molar-refractivity contribution in [1.29, 1.82) is 0 Å². The molecule has 0 N–H and O–H groups in total. The fourth-order valence-electron chi connectivity index (χ4n) is 3.67. The molecule has 96 valence electrons. The number of carbonyl (C=O) groups is 1. The van der Waals surface area contributed by atoms with Crippen LogP contribution in [0.3, 0.4) is 0 Å². The second-order valence-electron chi connectivity index (χ2n) is 6.29. The van der Waals surface area contributed by atoms with Gasteiger partial charge in [-0.2, -0.15) is 0 Å². The Morgan fingerprint density at radius 2 is 2.00 bits per heavy atom. The number of terminal acetylenes is 1. The third-order valence-corrected chi connectivity index (χ3v) is 4.87. The zero-order valence-corrected chi connectivity index (χ0v) is 10.5. The second-order valence-corrected chi connectivity index (χ2v) is 6.29. The lowest BCUT2D eigenvalue weighted by Gasteiger charge is -2.36. The Bertz CT molecular complexity index is 419. The Hall–Kier alpha value is -1.01. The maximum Gasteiger partial charge on any atom is 0.226 e. The van der Waals surface area contributed by atoms with Crippen molar-refractivity contribution in [1.82, 2.24) is 4.90 Å². The molecule has 2 bridgehead atoms. The molecule has 0 unspecified atom stereocenters. The van der Waals surface area contributed by atoms with Gasteiger partial charge in [0.15, 0.2) is 0 Å². The second kappa shape index (κ2) is 3.74. The molecule has 1 aliphatic heterocycles. The van der Waals surface area contributed by atoms with Gasteiger partial charge in [-0.15, -0.1) is 6.42 Å². The number of carbonyl (C=O) groups excluding carboxylic acids is 1. The van der Waals surface area contributed by atoms with Crippen LogP contribution in [0.2, 0.25) is 0 Å². The topological polar surface area (TPSA) is 29.5 Å². The Labute approximate surface area is 108 Å². The average molecular weight is 245 g/mol. The lowest BCUT2D eigenvalue weighted by Crippen LogP contribution is -2.49. The van der Waals surface area contributed by atoms with Crippen molar-refractivity contribution in [2.45, 2.75) is 62.8 Å². The summed E-state index contributed by atoms with van der Waals surface area (Å²) in [5, 5.41) is 0. The number of amides is 1. The summed E-state index contributed by atoms with van der Waals surface area (Å²) in [5.74, 6) is 3.85. The van der Waals surface area contributed by atoms with Crippen LogP contribution >= 0.6 is 0 Å². The van der Waals surface area contributed by atoms with Gasteiger partial charge in [0.2, 0.25) is 5.91 Å². The Kier molecular flexibility index (Phi) is 2.26. The summed E-state index contributed by atoms with van der Waals surface area (Å²) in [4.78, 5) is 14.3. The molecule has 3 heteroatoms. The van der Waals surface area contributed by atoms with E-state index in [1.807, 2.05) is 4.90 Å². The first-order valence-electron chi connectivity index (χ1n) is 7.21. The van der Waals surface area contributed by atoms with Crippen LogP contribution in [0.5, 0.6) is 0 Å². The minimum atomic E-state index is 0.000556. The molecule has 4 aliphatic rings. The monoisotopic (exact) mass is 245 g/mol. The van der Waals surface area contributed by atoms with E-state index in [0.29, 0.717) is 30.1 Å². The first-order chi connectivity index (χ1) is 8.78. The minimum Gasteiger partial charge on any atom is -0.374 e. The summed E-state index contributed by atoms with van der Waals surface area (Å²) in [6.07, 6.45) is 13.1. The van der Waals surface area contributed by atoms with E-state index in [4.69, 9.17) is 11.2 Å². The molecule has 0 aromatic rings. The quantitative estimate of drug-likeness (QED) is 0.706. The van der Waals surface area contributed by atoms with E-state index >= 15 is 0 Å². The normalized spacial score (nSPS) is 42.1. The van der Waals surface area contributed by atoms with Crippen LogP contribution in [0, 0.1) is 24.2 Å². The number of rotatable bonds is 3. The van der Waals surface area contributed by atoms with Crippen molar-refractivity contribution in [3.05, 3.63) is 0 Å². The standard InChI is InChI=1S/C15H19NO2/c1-2-13-12-7-10(8-14(12)18-11-5-6-11)16(13)15(17)9-3-4-9/h1,9-14H,3-8H2/t10-,12-,13+,14+/m1/s1. The Balaban J connectivity index is 1.51. The average Bonchev–Trinajstić information content (AvgIpc) is 3.27. The highest BCUT2D eigenvalue weighted by Gasteiger charge is 2.55. The van der Waals surface area contributed by atoms with Crippen LogP contribution in [-0.2, 0) is 9.53 Å². The molecule has 0 radical (unpaired) electrons. The van der Waals surface area contributed by atoms with Gasteiger partial charge in [-0.05, 0) is 38.5 Å². The number of nitrogens with zero attached hydrogens (tertiary/aromatic N) is 1. The third-order valence-electron chi connectivity index (χ3n) is 4.87. The van der Waals surface area contributed by atoms with Crippen molar-refractivity contribution in [3.63, 3.8) is 0 Å². The van der Waals surface area contributed by atoms with E-state index in [1.165, 1.54) is 12.8 Å². The molecule has 4 fully saturated rings. The number of likely N-dealkylation sites (tertiary alicyclic amines) is 1. The summed E-state index contributed by atoms with van der Waals surface area (Å²) >= 11 is 0. The molecule has 3 saturated carbocycles. The van der Waals surface area contributed by atoms with E-state index in [9.17, 15) is 4.79 Å². The van der Waals surface area contributed by atoms with Gasteiger partial charge in [0.1, 0.15) is 0 Å². The molecular formula is C15H19NO2. The lowest BCUT2D eigenvalue weighted by molar-refractivity contribution is -0.138. The third kappa shape index (κ3) is 1.59. The van der Waals surface area contributed by atoms with Crippen LogP contribution in [0.4, 0.5) is 0 Å². The zero-order valence-electron chi connectivity index (χ0n) is 10.5. The molecular weight excluding hydrogens is 226 g/mol. The smallest absolute Gasteiger partial charge is 0.226 e. The van der Waals surface area contributed by atoms with Gasteiger partial charge in [-0.1, -0.05) is 5.92 Å². The number of fused-ring (bicyclic) bond motifs is 2. The van der Waals surface area contributed by atoms with Gasteiger partial charge < -0.3 is 9.64 Å². The van der Waals surface area contributed by atoms with Crippen molar-refractivity contribution >= 4 is 5.91 Å². The number of piperidine rings is 1. The number of hydrogen-bond acceptors (Lipinski definition) is 2. The molecule has 1 amide bonds. The number of ether oxygens (including phenoxy) is 1. The molecule has 0 spiro atoms. The molecule has 3 aliphatic carbocycles. The molecule has 0 aromatic carbocycles. The highest BCUT2D eigenvalue weighted by molar-refractivity contribution is 5.82. The Morgan fingerprint density at radius 3 is 2.61 bits per heavy atom. The maximum atomic E-state index is 12.3. The maximum absolute atomic E-state index is 12.3. The van der Waals surface area contributed by atoms with E-state index < -0.39 is 0 Å². The van der Waals surface area contributed by atoms with Crippen LogP contribution in [0.1, 0.15) is 38.5 Å². The fraction of sp³-hybridized carbons (Fsp3) is 0.800. The van der Waals surface area contributed by atoms with Crippen molar-refractivity contribution in [2.24, 2.45) is 11.8 Å². The van der Waals surface area contributed by atoms with Crippen LogP contribution in [0.15, 0.2) is 0 Å². The zero-order chi connectivity index (χ0) is 12.3. The highest BCUT2D eigenvalue weighted by atomic mass is 16.5. The Morgan fingerprint density at radius 1 is 1.22 bits per heavy atom. The fourth-order valence-corrected chi connectivity index (χ4v) is 3.67. The summed E-state index contributed by atoms with van der Waals surface area (Å²) in [5.41, 5.74) is 0. The molecule has 3 nitrogen and oxygen atoms in total. The molecule has 4 atom stereocenters. The van der Waals surface area contributed by atoms with E-state index in [0.717, 1.165) is 25.7 Å². The van der Waals surface area contributed by atoms with Crippen molar-refractivity contribution in [3.8, 4) is 12.3 Å². The van der Waals surface area contributed by atoms with E-state index in [2.05, 4.69) is 5.92 Å². The molecule has 1 heterocycles. The predicted octanol–water partition coefficient (Wildman–Crippen LogP) is 1.57. The molecule has 18 heavy (non-hydrogen) atoms. The van der Waals surface area contributed by atoms with Crippen molar-refractivity contribution in [2.75, 3.05) is 0 Å². The molecule has 1 saturated heterocycles. The van der Waals surface area contributed by atoms with Gasteiger partial charge in [0.05, 0.1) is 18.2 Å². The van der Waals surface area contributed by atoms with E-state index in [-0.39, 0.29) is 12.0 Å². The molecule has 0 aromatic heterocycles. The van der Waals surface area contributed by atoms with Crippen molar-refractivity contribution < 1.29 is 9.53 Å². The van der Waals surface area contributed by atoms with Crippen LogP contribution in [-0.4, -0.2) is 35.1 Å². The van der Waals surface area contributed by atoms with Crippen LogP contribution < -0.4 is 0 Å². The van der Waals surface area contributed by atoms with Gasteiger partial charge in [0.25, 0.3) is 0 Å². The van der Waals surface area contributed by atoms with Gasteiger partial charge in [0, 0.05) is 17.9 Å². The first-order valence-corrected chi connectivity index (χ1v) is 7.21. The number of hydrogen-bond donors (Lipinski definition) is 0. The van der Waals surface area contributed by atoms with E-state index in [1.54, 1.807) is 0 Å². The minimum absolute atomic E-state index is 0.000556.